The van der Waals surface area contributed by atoms with Crippen molar-refractivity contribution in [3.05, 3.63) is 70.7 Å². The Hall–Kier alpha value is -1.80. The van der Waals surface area contributed by atoms with E-state index >= 15 is 0 Å². The highest BCUT2D eigenvalue weighted by atomic mass is 127. The van der Waals surface area contributed by atoms with Gasteiger partial charge >= 0.3 is 0 Å². The summed E-state index contributed by atoms with van der Waals surface area (Å²) < 4.78 is 0. The number of hydrogen-bond donors (Lipinski definition) is 3. The minimum Gasteiger partial charge on any atom is -0.356 e. The first kappa shape index (κ1) is 23.2. The Morgan fingerprint density at radius 3 is 2.22 bits per heavy atom. The molecule has 0 unspecified atom stereocenters. The van der Waals surface area contributed by atoms with Gasteiger partial charge in [0.15, 0.2) is 5.96 Å². The van der Waals surface area contributed by atoms with Gasteiger partial charge < -0.3 is 16.0 Å². The van der Waals surface area contributed by atoms with Gasteiger partial charge in [-0.3, -0.25) is 9.79 Å². The van der Waals surface area contributed by atoms with E-state index in [1.165, 1.54) is 5.56 Å². The predicted octanol–water partition coefficient (Wildman–Crippen LogP) is 3.49. The van der Waals surface area contributed by atoms with Crippen LogP contribution in [-0.2, 0) is 6.42 Å². The number of aliphatic imine (C=N–C) groups is 1. The van der Waals surface area contributed by atoms with E-state index in [1.54, 1.807) is 31.3 Å². The molecule has 7 heteroatoms. The summed E-state index contributed by atoms with van der Waals surface area (Å²) in [6.45, 7) is 1.94. The fourth-order valence-corrected chi connectivity index (χ4v) is 2.55. The third-order valence-electron chi connectivity index (χ3n) is 3.81. The third-order valence-corrected chi connectivity index (χ3v) is 4.06. The summed E-state index contributed by atoms with van der Waals surface area (Å²) in [7, 11) is 1.73. The number of amides is 1. The molecule has 0 atom stereocenters. The van der Waals surface area contributed by atoms with Crippen LogP contribution in [0, 0.1) is 0 Å². The van der Waals surface area contributed by atoms with Crippen LogP contribution in [0.25, 0.3) is 0 Å². The van der Waals surface area contributed by atoms with Crippen molar-refractivity contribution in [2.75, 3.05) is 26.7 Å². The number of nitrogens with zero attached hydrogens (tertiary/aromatic N) is 1. The minimum atomic E-state index is -0.116. The molecule has 2 aromatic rings. The zero-order valence-electron chi connectivity index (χ0n) is 15.4. The van der Waals surface area contributed by atoms with E-state index in [-0.39, 0.29) is 29.9 Å². The van der Waals surface area contributed by atoms with E-state index in [9.17, 15) is 4.79 Å². The molecule has 0 saturated carbocycles. The summed E-state index contributed by atoms with van der Waals surface area (Å²) in [5.74, 6) is 0.619. The zero-order valence-corrected chi connectivity index (χ0v) is 18.5. The van der Waals surface area contributed by atoms with Gasteiger partial charge in [0.2, 0.25) is 0 Å². The molecule has 1 amide bonds. The Morgan fingerprint density at radius 1 is 0.926 bits per heavy atom. The maximum absolute atomic E-state index is 12.0. The molecule has 0 aliphatic heterocycles. The molecule has 146 valence electrons. The Kier molecular flexibility index (Phi) is 11.5. The van der Waals surface area contributed by atoms with Crippen LogP contribution < -0.4 is 16.0 Å². The Labute approximate surface area is 183 Å². The summed E-state index contributed by atoms with van der Waals surface area (Å²) in [4.78, 5) is 16.2. The van der Waals surface area contributed by atoms with Gasteiger partial charge in [0.1, 0.15) is 0 Å². The highest BCUT2D eigenvalue weighted by molar-refractivity contribution is 14.0. The van der Waals surface area contributed by atoms with Crippen molar-refractivity contribution in [3.8, 4) is 0 Å². The van der Waals surface area contributed by atoms with E-state index in [0.29, 0.717) is 23.7 Å². The van der Waals surface area contributed by atoms with E-state index < -0.39 is 0 Å². The number of guanidine groups is 1. The molecule has 0 aliphatic rings. The highest BCUT2D eigenvalue weighted by Gasteiger charge is 2.04. The van der Waals surface area contributed by atoms with Gasteiger partial charge in [-0.15, -0.1) is 24.0 Å². The highest BCUT2D eigenvalue weighted by Crippen LogP contribution is 2.09. The normalized spacial score (nSPS) is 10.7. The van der Waals surface area contributed by atoms with Crippen LogP contribution in [0.4, 0.5) is 0 Å². The number of aryl methyl sites for hydroxylation is 1. The van der Waals surface area contributed by atoms with Crippen LogP contribution in [0.3, 0.4) is 0 Å². The molecule has 0 radical (unpaired) electrons. The Morgan fingerprint density at radius 2 is 1.56 bits per heavy atom. The molecule has 27 heavy (non-hydrogen) atoms. The second-order valence-electron chi connectivity index (χ2n) is 5.78. The molecule has 0 aromatic heterocycles. The lowest BCUT2D eigenvalue weighted by Crippen LogP contribution is -2.41. The molecule has 0 heterocycles. The molecule has 3 N–H and O–H groups in total. The van der Waals surface area contributed by atoms with Gasteiger partial charge in [0.25, 0.3) is 5.91 Å². The molecule has 5 nitrogen and oxygen atoms in total. The largest absolute Gasteiger partial charge is 0.356 e. The number of hydrogen-bond acceptors (Lipinski definition) is 2. The lowest BCUT2D eigenvalue weighted by atomic mass is 10.1. The van der Waals surface area contributed by atoms with Gasteiger partial charge in [-0.05, 0) is 42.7 Å². The SMILES string of the molecule is CN=C(NCCCc1ccccc1)NCCNC(=O)c1ccc(Cl)cc1.I. The smallest absolute Gasteiger partial charge is 0.251 e. The van der Waals surface area contributed by atoms with Crippen molar-refractivity contribution in [2.24, 2.45) is 4.99 Å². The van der Waals surface area contributed by atoms with Crippen LogP contribution in [0.15, 0.2) is 59.6 Å². The van der Waals surface area contributed by atoms with E-state index in [2.05, 4.69) is 45.2 Å². The number of carbonyl (C=O) groups excluding carboxylic acids is 1. The van der Waals surface area contributed by atoms with Gasteiger partial charge in [-0.2, -0.15) is 0 Å². The second-order valence-corrected chi connectivity index (χ2v) is 6.21. The first-order chi connectivity index (χ1) is 12.7. The number of rotatable bonds is 8. The average Bonchev–Trinajstić information content (AvgIpc) is 2.68. The number of carbonyl (C=O) groups is 1. The number of halogens is 2. The molecule has 2 aromatic carbocycles. The topological polar surface area (TPSA) is 65.5 Å². The lowest BCUT2D eigenvalue weighted by molar-refractivity contribution is 0.0954. The molecule has 2 rings (SSSR count). The van der Waals surface area contributed by atoms with Crippen LogP contribution in [-0.4, -0.2) is 38.5 Å². The summed E-state index contributed by atoms with van der Waals surface area (Å²) in [5, 5.41) is 9.94. The van der Waals surface area contributed by atoms with E-state index in [1.807, 2.05) is 6.07 Å². The molecular weight excluding hydrogens is 475 g/mol. The second kappa shape index (κ2) is 13.4. The summed E-state index contributed by atoms with van der Waals surface area (Å²) in [5.41, 5.74) is 1.93. The zero-order chi connectivity index (χ0) is 18.6. The standard InChI is InChI=1S/C20H25ClN4O.HI/c1-22-20(24-13-5-8-16-6-3-2-4-7-16)25-15-14-23-19(26)17-9-11-18(21)12-10-17;/h2-4,6-7,9-12H,5,8,13-15H2,1H3,(H,23,26)(H2,22,24,25);1H. The molecule has 0 saturated heterocycles. The van der Waals surface area contributed by atoms with Crippen molar-refractivity contribution in [1.29, 1.82) is 0 Å². The molecule has 0 bridgehead atoms. The van der Waals surface area contributed by atoms with Crippen molar-refractivity contribution in [1.82, 2.24) is 16.0 Å². The minimum absolute atomic E-state index is 0. The monoisotopic (exact) mass is 500 g/mol. The quantitative estimate of drug-likeness (QED) is 0.225. The average molecular weight is 501 g/mol. The number of benzene rings is 2. The van der Waals surface area contributed by atoms with Gasteiger partial charge in [-0.25, -0.2) is 0 Å². The maximum Gasteiger partial charge on any atom is 0.251 e. The molecule has 0 fully saturated rings. The molecule has 0 spiro atoms. The van der Waals surface area contributed by atoms with Crippen molar-refractivity contribution in [3.63, 3.8) is 0 Å². The van der Waals surface area contributed by atoms with Crippen LogP contribution in [0.5, 0.6) is 0 Å². The Bertz CT molecular complexity index is 708. The molecule has 0 aliphatic carbocycles. The van der Waals surface area contributed by atoms with Crippen LogP contribution in [0.2, 0.25) is 5.02 Å². The van der Waals surface area contributed by atoms with E-state index in [0.717, 1.165) is 25.3 Å². The van der Waals surface area contributed by atoms with Crippen molar-refractivity contribution in [2.45, 2.75) is 12.8 Å². The molecular formula is C20H26ClIN4O. The van der Waals surface area contributed by atoms with Crippen LogP contribution in [0.1, 0.15) is 22.3 Å². The fourth-order valence-electron chi connectivity index (χ4n) is 2.42. The summed E-state index contributed by atoms with van der Waals surface area (Å²) >= 11 is 5.82. The maximum atomic E-state index is 12.0. The first-order valence-corrected chi connectivity index (χ1v) is 9.09. The van der Waals surface area contributed by atoms with Crippen molar-refractivity contribution < 1.29 is 4.79 Å². The van der Waals surface area contributed by atoms with Gasteiger partial charge in [-0.1, -0.05) is 41.9 Å². The third kappa shape index (κ3) is 9.10. The summed E-state index contributed by atoms with van der Waals surface area (Å²) in [6.07, 6.45) is 2.06. The van der Waals surface area contributed by atoms with Crippen molar-refractivity contribution >= 4 is 47.4 Å². The predicted molar refractivity (Wildman–Crippen MR) is 123 cm³/mol. The van der Waals surface area contributed by atoms with Gasteiger partial charge in [0, 0.05) is 37.3 Å². The van der Waals surface area contributed by atoms with Crippen LogP contribution >= 0.6 is 35.6 Å². The first-order valence-electron chi connectivity index (χ1n) is 8.71. The number of nitrogens with one attached hydrogen (secondary N) is 3. The van der Waals surface area contributed by atoms with Gasteiger partial charge in [0.05, 0.1) is 0 Å². The fraction of sp³-hybridized carbons (Fsp3) is 0.300. The lowest BCUT2D eigenvalue weighted by Gasteiger charge is -2.12. The van der Waals surface area contributed by atoms with E-state index in [4.69, 9.17) is 11.6 Å². The Balaban J connectivity index is 0.00000364. The summed E-state index contributed by atoms with van der Waals surface area (Å²) in [6, 6.07) is 17.2.